The third-order valence-corrected chi connectivity index (χ3v) is 4.05. The van der Waals surface area contributed by atoms with Crippen LogP contribution in [0.25, 0.3) is 0 Å². The number of carboxylic acids is 1. The number of carbonyl (C=O) groups is 1. The Bertz CT molecular complexity index is 377. The van der Waals surface area contributed by atoms with Crippen LogP contribution < -0.4 is 0 Å². The highest BCUT2D eigenvalue weighted by molar-refractivity contribution is 7.89. The molecule has 1 aliphatic carbocycles. The van der Waals surface area contributed by atoms with E-state index in [1.807, 2.05) is 0 Å². The van der Waals surface area contributed by atoms with Crippen LogP contribution >= 0.6 is 0 Å². The minimum absolute atomic E-state index is 0.0158. The third-order valence-electron chi connectivity index (χ3n) is 2.12. The van der Waals surface area contributed by atoms with Crippen LogP contribution in [0.1, 0.15) is 12.8 Å². The van der Waals surface area contributed by atoms with Gasteiger partial charge in [0.05, 0.1) is 12.3 Å². The van der Waals surface area contributed by atoms with Crippen molar-refractivity contribution in [1.29, 1.82) is 0 Å². The molecular formula is C9H13NO4S. The van der Waals surface area contributed by atoms with Gasteiger partial charge < -0.3 is 5.11 Å². The molecule has 0 bridgehead atoms. The zero-order chi connectivity index (χ0) is 11.5. The second-order valence-corrected chi connectivity index (χ2v) is 5.60. The summed E-state index contributed by atoms with van der Waals surface area (Å²) in [4.78, 5) is 10.5. The first-order chi connectivity index (χ1) is 6.95. The number of terminal acetylenes is 1. The van der Waals surface area contributed by atoms with E-state index in [1.165, 1.54) is 0 Å². The van der Waals surface area contributed by atoms with Crippen molar-refractivity contribution >= 4 is 16.0 Å². The first-order valence-electron chi connectivity index (χ1n) is 4.59. The molecule has 1 aliphatic rings. The Morgan fingerprint density at radius 1 is 1.53 bits per heavy atom. The van der Waals surface area contributed by atoms with Crippen LogP contribution in [0.2, 0.25) is 0 Å². The van der Waals surface area contributed by atoms with Crippen molar-refractivity contribution in [3.63, 3.8) is 0 Å². The van der Waals surface area contributed by atoms with Crippen molar-refractivity contribution in [3.8, 4) is 12.3 Å². The monoisotopic (exact) mass is 231 g/mol. The molecular weight excluding hydrogens is 218 g/mol. The summed E-state index contributed by atoms with van der Waals surface area (Å²) in [5.41, 5.74) is 0. The molecule has 1 fully saturated rings. The summed E-state index contributed by atoms with van der Waals surface area (Å²) in [6, 6.07) is 0. The quantitative estimate of drug-likeness (QED) is 0.639. The van der Waals surface area contributed by atoms with Crippen LogP contribution in [0.4, 0.5) is 0 Å². The van der Waals surface area contributed by atoms with E-state index in [0.29, 0.717) is 0 Å². The van der Waals surface area contributed by atoms with Gasteiger partial charge in [-0.3, -0.25) is 4.79 Å². The van der Waals surface area contributed by atoms with Crippen molar-refractivity contribution in [1.82, 2.24) is 4.31 Å². The Labute approximate surface area is 89.1 Å². The molecule has 0 aromatic rings. The van der Waals surface area contributed by atoms with Gasteiger partial charge in [-0.1, -0.05) is 5.92 Å². The van der Waals surface area contributed by atoms with Crippen molar-refractivity contribution < 1.29 is 18.3 Å². The van der Waals surface area contributed by atoms with E-state index in [4.69, 9.17) is 11.5 Å². The summed E-state index contributed by atoms with van der Waals surface area (Å²) in [6.07, 6.45) is 6.80. The lowest BCUT2D eigenvalue weighted by molar-refractivity contribution is -0.137. The Hall–Kier alpha value is -1.06. The molecule has 1 N–H and O–H groups in total. The highest BCUT2D eigenvalue weighted by Crippen LogP contribution is 2.31. The lowest BCUT2D eigenvalue weighted by Crippen LogP contribution is -2.37. The molecule has 0 spiro atoms. The van der Waals surface area contributed by atoms with E-state index < -0.39 is 22.5 Å². The van der Waals surface area contributed by atoms with Gasteiger partial charge in [-0.2, -0.15) is 4.31 Å². The number of hydrogen-bond acceptors (Lipinski definition) is 3. The van der Waals surface area contributed by atoms with Crippen molar-refractivity contribution in [3.05, 3.63) is 0 Å². The van der Waals surface area contributed by atoms with Crippen molar-refractivity contribution in [2.75, 3.05) is 18.8 Å². The number of hydrogen-bond donors (Lipinski definition) is 1. The van der Waals surface area contributed by atoms with Crippen LogP contribution in [0.5, 0.6) is 0 Å². The second-order valence-electron chi connectivity index (χ2n) is 3.59. The number of aliphatic carboxylic acids is 1. The summed E-state index contributed by atoms with van der Waals surface area (Å²) < 4.78 is 24.2. The van der Waals surface area contributed by atoms with E-state index in [1.54, 1.807) is 0 Å². The molecule has 6 heteroatoms. The van der Waals surface area contributed by atoms with Crippen LogP contribution in [0.3, 0.4) is 0 Å². The maximum absolute atomic E-state index is 11.7. The van der Waals surface area contributed by atoms with Gasteiger partial charge in [-0.25, -0.2) is 8.42 Å². The zero-order valence-electron chi connectivity index (χ0n) is 8.22. The predicted octanol–water partition coefficient (Wildman–Crippen LogP) is -0.254. The predicted molar refractivity (Wildman–Crippen MR) is 54.6 cm³/mol. The number of sulfonamides is 1. The highest BCUT2D eigenvalue weighted by Gasteiger charge is 2.32. The van der Waals surface area contributed by atoms with Crippen LogP contribution in [-0.2, 0) is 14.8 Å². The second kappa shape index (κ2) is 4.64. The van der Waals surface area contributed by atoms with E-state index in [9.17, 15) is 13.2 Å². The molecule has 0 unspecified atom stereocenters. The van der Waals surface area contributed by atoms with Crippen LogP contribution in [0.15, 0.2) is 0 Å². The van der Waals surface area contributed by atoms with E-state index >= 15 is 0 Å². The molecule has 0 atom stereocenters. The first-order valence-corrected chi connectivity index (χ1v) is 6.19. The van der Waals surface area contributed by atoms with Gasteiger partial charge in [-0.05, 0) is 18.8 Å². The van der Waals surface area contributed by atoms with E-state index in [0.717, 1.165) is 17.1 Å². The average Bonchev–Trinajstić information content (AvgIpc) is 2.86. The number of carboxylic acid groups (broad SMARTS) is 1. The summed E-state index contributed by atoms with van der Waals surface area (Å²) in [7, 11) is -3.51. The molecule has 0 amide bonds. The Morgan fingerprint density at radius 3 is 2.53 bits per heavy atom. The smallest absolute Gasteiger partial charge is 0.318 e. The maximum atomic E-state index is 11.7. The Balaban J connectivity index is 2.67. The van der Waals surface area contributed by atoms with Crippen molar-refractivity contribution in [2.45, 2.75) is 12.8 Å². The molecule has 84 valence electrons. The molecule has 0 heterocycles. The summed E-state index contributed by atoms with van der Waals surface area (Å²) >= 11 is 0. The molecule has 0 radical (unpaired) electrons. The summed E-state index contributed by atoms with van der Waals surface area (Å²) in [6.45, 7) is -0.736. The fourth-order valence-corrected chi connectivity index (χ4v) is 2.91. The minimum atomic E-state index is -3.51. The van der Waals surface area contributed by atoms with Gasteiger partial charge in [0.2, 0.25) is 10.0 Å². The van der Waals surface area contributed by atoms with Gasteiger partial charge in [0.25, 0.3) is 0 Å². The minimum Gasteiger partial charge on any atom is -0.480 e. The van der Waals surface area contributed by atoms with Gasteiger partial charge in [0.15, 0.2) is 0 Å². The van der Waals surface area contributed by atoms with Crippen molar-refractivity contribution in [2.24, 2.45) is 5.92 Å². The molecule has 0 aromatic carbocycles. The topological polar surface area (TPSA) is 74.7 Å². The summed E-state index contributed by atoms with van der Waals surface area (Å²) in [5.74, 6) is 1.17. The Morgan fingerprint density at radius 2 is 2.13 bits per heavy atom. The molecule has 0 saturated heterocycles. The standard InChI is InChI=1S/C9H13NO4S/c1-2-5-10(6-9(11)12)15(13,14)7-8-3-4-8/h1,8H,3-7H2,(H,11,12). The molecule has 0 aliphatic heterocycles. The lowest BCUT2D eigenvalue weighted by atomic mass is 10.5. The van der Waals surface area contributed by atoms with E-state index in [2.05, 4.69) is 5.92 Å². The largest absolute Gasteiger partial charge is 0.480 e. The van der Waals surface area contributed by atoms with Gasteiger partial charge in [0, 0.05) is 0 Å². The highest BCUT2D eigenvalue weighted by atomic mass is 32.2. The zero-order valence-corrected chi connectivity index (χ0v) is 9.03. The van der Waals surface area contributed by atoms with Gasteiger partial charge in [-0.15, -0.1) is 6.42 Å². The number of nitrogens with zero attached hydrogens (tertiary/aromatic N) is 1. The van der Waals surface area contributed by atoms with Crippen LogP contribution in [0, 0.1) is 18.3 Å². The Kier molecular flexibility index (Phi) is 3.72. The third kappa shape index (κ3) is 3.90. The van der Waals surface area contributed by atoms with Gasteiger partial charge in [0.1, 0.15) is 6.54 Å². The van der Waals surface area contributed by atoms with Crippen LogP contribution in [-0.4, -0.2) is 42.6 Å². The molecule has 1 rings (SSSR count). The lowest BCUT2D eigenvalue weighted by Gasteiger charge is -2.17. The normalized spacial score (nSPS) is 16.3. The maximum Gasteiger partial charge on any atom is 0.318 e. The molecule has 5 nitrogen and oxygen atoms in total. The summed E-state index contributed by atoms with van der Waals surface area (Å²) in [5, 5.41) is 8.55. The fourth-order valence-electron chi connectivity index (χ4n) is 1.19. The molecule has 15 heavy (non-hydrogen) atoms. The fraction of sp³-hybridized carbons (Fsp3) is 0.667. The van der Waals surface area contributed by atoms with Gasteiger partial charge >= 0.3 is 5.97 Å². The average molecular weight is 231 g/mol. The van der Waals surface area contributed by atoms with E-state index in [-0.39, 0.29) is 18.2 Å². The number of rotatable bonds is 6. The molecule has 1 saturated carbocycles. The SMILES string of the molecule is C#CCN(CC(=O)O)S(=O)(=O)CC1CC1. The molecule has 0 aromatic heterocycles. The first kappa shape index (κ1) is 12.0.